The highest BCUT2D eigenvalue weighted by atomic mass is 19.4. The molecule has 0 saturated carbocycles. The van der Waals surface area contributed by atoms with E-state index in [-0.39, 0.29) is 0 Å². The van der Waals surface area contributed by atoms with E-state index in [1.807, 2.05) is 0 Å². The molecule has 0 aliphatic heterocycles. The van der Waals surface area contributed by atoms with Gasteiger partial charge in [-0.3, -0.25) is 4.79 Å². The fraction of sp³-hybridized carbons (Fsp3) is 0.833. The number of carboxylic acids is 1. The number of hydrogen-bond donors (Lipinski definition) is 2. The largest absolute Gasteiger partial charge is 0.481 e. The number of rotatable bonds is 2. The van der Waals surface area contributed by atoms with Crippen molar-refractivity contribution in [2.24, 2.45) is 11.7 Å². The summed E-state index contributed by atoms with van der Waals surface area (Å²) in [6, 6.07) is 0. The molecule has 2 unspecified atom stereocenters. The molecule has 0 fully saturated rings. The lowest BCUT2D eigenvalue weighted by Crippen LogP contribution is -2.57. The average molecular weight is 185 g/mol. The van der Waals surface area contributed by atoms with Gasteiger partial charge < -0.3 is 10.8 Å². The number of nitrogens with two attached hydrogens (primary N) is 1. The van der Waals surface area contributed by atoms with Gasteiger partial charge in [0, 0.05) is 0 Å². The lowest BCUT2D eigenvalue weighted by molar-refractivity contribution is -0.200. The zero-order valence-electron chi connectivity index (χ0n) is 6.64. The molecule has 3 nitrogen and oxygen atoms in total. The van der Waals surface area contributed by atoms with Gasteiger partial charge in [-0.25, -0.2) is 0 Å². The van der Waals surface area contributed by atoms with E-state index in [2.05, 4.69) is 0 Å². The molecular formula is C6H10F3NO2. The Bertz CT molecular complexity index is 188. The molecule has 0 aromatic rings. The van der Waals surface area contributed by atoms with Crippen LogP contribution < -0.4 is 5.73 Å². The maximum absolute atomic E-state index is 12.1. The second-order valence-corrected chi connectivity index (χ2v) is 2.84. The van der Waals surface area contributed by atoms with E-state index in [0.717, 1.165) is 6.92 Å². The van der Waals surface area contributed by atoms with Crippen molar-refractivity contribution < 1.29 is 23.1 Å². The van der Waals surface area contributed by atoms with Gasteiger partial charge in [-0.05, 0) is 13.8 Å². The summed E-state index contributed by atoms with van der Waals surface area (Å²) in [5.41, 5.74) is 2.15. The number of carbonyl (C=O) groups is 1. The molecule has 0 aliphatic carbocycles. The first-order chi connectivity index (χ1) is 5.10. The fourth-order valence-corrected chi connectivity index (χ4v) is 0.502. The van der Waals surface area contributed by atoms with Crippen molar-refractivity contribution in [3.8, 4) is 0 Å². The Balaban J connectivity index is 4.73. The molecule has 0 aliphatic rings. The molecule has 0 amide bonds. The average Bonchev–Trinajstić information content (AvgIpc) is 1.83. The van der Waals surface area contributed by atoms with Gasteiger partial charge in [0.15, 0.2) is 0 Å². The molecule has 0 aromatic heterocycles. The van der Waals surface area contributed by atoms with Crippen molar-refractivity contribution in [1.29, 1.82) is 0 Å². The second kappa shape index (κ2) is 2.93. The van der Waals surface area contributed by atoms with Crippen molar-refractivity contribution in [2.75, 3.05) is 0 Å². The van der Waals surface area contributed by atoms with E-state index in [9.17, 15) is 18.0 Å². The van der Waals surface area contributed by atoms with Crippen molar-refractivity contribution in [1.82, 2.24) is 0 Å². The summed E-state index contributed by atoms with van der Waals surface area (Å²) in [4.78, 5) is 10.2. The lowest BCUT2D eigenvalue weighted by atomic mass is 9.87. The molecule has 0 heterocycles. The second-order valence-electron chi connectivity index (χ2n) is 2.84. The Morgan fingerprint density at radius 1 is 1.50 bits per heavy atom. The minimum absolute atomic E-state index is 0.659. The van der Waals surface area contributed by atoms with Crippen LogP contribution in [0.1, 0.15) is 13.8 Å². The van der Waals surface area contributed by atoms with E-state index in [1.165, 1.54) is 0 Å². The first kappa shape index (κ1) is 11.2. The SMILES string of the molecule is CC(C(=O)O)C(C)(N)C(F)(F)F. The molecule has 0 aromatic carbocycles. The highest BCUT2D eigenvalue weighted by molar-refractivity contribution is 5.71. The molecule has 3 N–H and O–H groups in total. The van der Waals surface area contributed by atoms with Gasteiger partial charge in [0.25, 0.3) is 0 Å². The van der Waals surface area contributed by atoms with Crippen LogP contribution in [-0.2, 0) is 4.79 Å². The van der Waals surface area contributed by atoms with Gasteiger partial charge in [0.05, 0.1) is 5.92 Å². The lowest BCUT2D eigenvalue weighted by Gasteiger charge is -2.30. The zero-order valence-corrected chi connectivity index (χ0v) is 6.64. The minimum Gasteiger partial charge on any atom is -0.481 e. The van der Waals surface area contributed by atoms with Crippen molar-refractivity contribution in [2.45, 2.75) is 25.6 Å². The molecule has 72 valence electrons. The molecule has 0 radical (unpaired) electrons. The summed E-state index contributed by atoms with van der Waals surface area (Å²) >= 11 is 0. The van der Waals surface area contributed by atoms with Crippen LogP contribution in [0.5, 0.6) is 0 Å². The molecule has 0 bridgehead atoms. The van der Waals surface area contributed by atoms with Crippen molar-refractivity contribution in [3.63, 3.8) is 0 Å². The maximum atomic E-state index is 12.1. The van der Waals surface area contributed by atoms with Gasteiger partial charge in [0.2, 0.25) is 0 Å². The maximum Gasteiger partial charge on any atom is 0.406 e. The van der Waals surface area contributed by atoms with Crippen LogP contribution in [0.4, 0.5) is 13.2 Å². The van der Waals surface area contributed by atoms with Crippen LogP contribution in [0.2, 0.25) is 0 Å². The molecule has 6 heteroatoms. The molecular weight excluding hydrogens is 175 g/mol. The summed E-state index contributed by atoms with van der Waals surface area (Å²) in [7, 11) is 0. The Morgan fingerprint density at radius 3 is 1.92 bits per heavy atom. The Morgan fingerprint density at radius 2 is 1.83 bits per heavy atom. The normalized spacial score (nSPS) is 19.8. The third-order valence-corrected chi connectivity index (χ3v) is 1.88. The Labute approximate surface area is 67.4 Å². The standard InChI is InChI=1S/C6H10F3NO2/c1-3(4(11)12)5(2,10)6(7,8)9/h3H,10H2,1-2H3,(H,11,12). The van der Waals surface area contributed by atoms with E-state index in [4.69, 9.17) is 10.8 Å². The monoisotopic (exact) mass is 185 g/mol. The Kier molecular flexibility index (Phi) is 2.74. The molecule has 0 rings (SSSR count). The molecule has 0 spiro atoms. The minimum atomic E-state index is -4.70. The van der Waals surface area contributed by atoms with Crippen molar-refractivity contribution in [3.05, 3.63) is 0 Å². The summed E-state index contributed by atoms with van der Waals surface area (Å²) in [6.07, 6.45) is -4.70. The van der Waals surface area contributed by atoms with Crippen molar-refractivity contribution >= 4 is 5.97 Å². The van der Waals surface area contributed by atoms with Crippen LogP contribution in [0.25, 0.3) is 0 Å². The number of hydrogen-bond acceptors (Lipinski definition) is 2. The summed E-state index contributed by atoms with van der Waals surface area (Å²) in [5, 5.41) is 8.30. The first-order valence-corrected chi connectivity index (χ1v) is 3.19. The van der Waals surface area contributed by atoms with Gasteiger partial charge in [-0.2, -0.15) is 13.2 Å². The van der Waals surface area contributed by atoms with E-state index >= 15 is 0 Å². The van der Waals surface area contributed by atoms with E-state index < -0.39 is 23.6 Å². The number of carboxylic acid groups (broad SMARTS) is 1. The molecule has 12 heavy (non-hydrogen) atoms. The molecule has 0 saturated heterocycles. The van der Waals surface area contributed by atoms with Crippen LogP contribution in [0, 0.1) is 5.92 Å². The number of alkyl halides is 3. The summed E-state index contributed by atoms with van der Waals surface area (Å²) in [5.74, 6) is -3.21. The van der Waals surface area contributed by atoms with Gasteiger partial charge >= 0.3 is 12.1 Å². The third kappa shape index (κ3) is 1.88. The van der Waals surface area contributed by atoms with E-state index in [1.54, 1.807) is 0 Å². The van der Waals surface area contributed by atoms with Crippen LogP contribution >= 0.6 is 0 Å². The number of aliphatic carboxylic acids is 1. The third-order valence-electron chi connectivity index (χ3n) is 1.88. The Hall–Kier alpha value is -0.780. The van der Waals surface area contributed by atoms with Crippen LogP contribution in [0.3, 0.4) is 0 Å². The van der Waals surface area contributed by atoms with Gasteiger partial charge in [-0.1, -0.05) is 0 Å². The summed E-state index contributed by atoms with van der Waals surface area (Å²) in [6.45, 7) is 1.58. The van der Waals surface area contributed by atoms with Crippen LogP contribution in [-0.4, -0.2) is 22.8 Å². The highest BCUT2D eigenvalue weighted by Crippen LogP contribution is 2.33. The van der Waals surface area contributed by atoms with Crippen LogP contribution in [0.15, 0.2) is 0 Å². The first-order valence-electron chi connectivity index (χ1n) is 3.19. The summed E-state index contributed by atoms with van der Waals surface area (Å²) < 4.78 is 36.2. The predicted molar refractivity (Wildman–Crippen MR) is 35.4 cm³/mol. The smallest absolute Gasteiger partial charge is 0.406 e. The zero-order chi connectivity index (χ0) is 10.2. The number of halogens is 3. The quantitative estimate of drug-likeness (QED) is 0.674. The van der Waals surface area contributed by atoms with Gasteiger partial charge in [0.1, 0.15) is 5.54 Å². The topological polar surface area (TPSA) is 63.3 Å². The van der Waals surface area contributed by atoms with Gasteiger partial charge in [-0.15, -0.1) is 0 Å². The molecule has 2 atom stereocenters. The predicted octanol–water partition coefficient (Wildman–Crippen LogP) is 0.987. The highest BCUT2D eigenvalue weighted by Gasteiger charge is 2.53. The van der Waals surface area contributed by atoms with E-state index in [0.29, 0.717) is 6.92 Å². The fourth-order valence-electron chi connectivity index (χ4n) is 0.502.